The summed E-state index contributed by atoms with van der Waals surface area (Å²) in [6.45, 7) is 4.25. The molecule has 0 saturated heterocycles. The van der Waals surface area contributed by atoms with Gasteiger partial charge in [-0.3, -0.25) is 4.79 Å². The number of hydrogen-bond donors (Lipinski definition) is 1. The zero-order valence-corrected chi connectivity index (χ0v) is 15.3. The summed E-state index contributed by atoms with van der Waals surface area (Å²) in [5.41, 5.74) is 2.55. The van der Waals surface area contributed by atoms with Gasteiger partial charge in [0, 0.05) is 11.0 Å². The minimum Gasteiger partial charge on any atom is -0.452 e. The highest BCUT2D eigenvalue weighted by molar-refractivity contribution is 9.10. The van der Waals surface area contributed by atoms with Crippen molar-refractivity contribution >= 4 is 27.8 Å². The molecule has 0 bridgehead atoms. The quantitative estimate of drug-likeness (QED) is 0.758. The van der Waals surface area contributed by atoms with Crippen LogP contribution in [0.3, 0.4) is 0 Å². The van der Waals surface area contributed by atoms with Gasteiger partial charge in [-0.1, -0.05) is 60.1 Å². The lowest BCUT2D eigenvalue weighted by Crippen LogP contribution is -2.28. The van der Waals surface area contributed by atoms with Gasteiger partial charge in [0.05, 0.1) is 5.56 Å². The van der Waals surface area contributed by atoms with Crippen LogP contribution in [0.4, 0.5) is 0 Å². The molecule has 0 saturated carbocycles. The van der Waals surface area contributed by atoms with Crippen molar-refractivity contribution in [2.45, 2.75) is 26.3 Å². The number of carbonyl (C=O) groups is 2. The van der Waals surface area contributed by atoms with Gasteiger partial charge < -0.3 is 10.1 Å². The number of rotatable bonds is 6. The lowest BCUT2D eigenvalue weighted by molar-refractivity contribution is -0.124. The number of benzene rings is 2. The monoisotopic (exact) mass is 389 g/mol. The third-order valence-corrected chi connectivity index (χ3v) is 4.35. The molecular formula is C19H20BrNO3. The average molecular weight is 390 g/mol. The molecule has 0 aliphatic rings. The van der Waals surface area contributed by atoms with Crippen molar-refractivity contribution in [2.75, 3.05) is 6.61 Å². The van der Waals surface area contributed by atoms with Crippen molar-refractivity contribution in [3.8, 4) is 0 Å². The summed E-state index contributed by atoms with van der Waals surface area (Å²) >= 11 is 3.42. The summed E-state index contributed by atoms with van der Waals surface area (Å²) in [6.07, 6.45) is 0. The predicted octanol–water partition coefficient (Wildman–Crippen LogP) is 4.05. The lowest BCUT2D eigenvalue weighted by Gasteiger charge is -2.09. The molecule has 0 aromatic heterocycles. The maximum absolute atomic E-state index is 11.9. The smallest absolute Gasteiger partial charge is 0.338 e. The van der Waals surface area contributed by atoms with E-state index >= 15 is 0 Å². The van der Waals surface area contributed by atoms with Crippen LogP contribution in [-0.4, -0.2) is 18.5 Å². The van der Waals surface area contributed by atoms with E-state index in [0.717, 1.165) is 15.6 Å². The molecule has 1 N–H and O–H groups in total. The Morgan fingerprint density at radius 2 is 1.75 bits per heavy atom. The number of nitrogens with one attached hydrogen (secondary N) is 1. The topological polar surface area (TPSA) is 55.4 Å². The fourth-order valence-corrected chi connectivity index (χ4v) is 2.53. The first-order chi connectivity index (χ1) is 11.5. The molecule has 0 fully saturated rings. The van der Waals surface area contributed by atoms with E-state index < -0.39 is 5.97 Å². The van der Waals surface area contributed by atoms with E-state index in [1.165, 1.54) is 0 Å². The molecule has 0 atom stereocenters. The average Bonchev–Trinajstić information content (AvgIpc) is 2.59. The second-order valence-electron chi connectivity index (χ2n) is 5.72. The fraction of sp³-hybridized carbons (Fsp3) is 0.263. The van der Waals surface area contributed by atoms with E-state index in [1.54, 1.807) is 12.1 Å². The molecule has 0 radical (unpaired) electrons. The van der Waals surface area contributed by atoms with Gasteiger partial charge in [-0.25, -0.2) is 4.79 Å². The van der Waals surface area contributed by atoms with Crippen LogP contribution in [-0.2, 0) is 16.1 Å². The molecule has 5 heteroatoms. The van der Waals surface area contributed by atoms with Crippen molar-refractivity contribution in [2.24, 2.45) is 0 Å². The molecule has 126 valence electrons. The molecule has 2 aromatic rings. The van der Waals surface area contributed by atoms with E-state index in [1.807, 2.05) is 36.4 Å². The standard InChI is InChI=1S/C19H20BrNO3/c1-13(2)14-7-9-15(10-8-14)19(23)24-12-18(22)21-11-16-5-3-4-6-17(16)20/h3-10,13H,11-12H2,1-2H3,(H,21,22). The molecule has 1 amide bonds. The Balaban J connectivity index is 1.80. The van der Waals surface area contributed by atoms with Crippen LogP contribution < -0.4 is 5.32 Å². The van der Waals surface area contributed by atoms with Crippen LogP contribution in [0, 0.1) is 0 Å². The molecular weight excluding hydrogens is 370 g/mol. The molecule has 0 aliphatic carbocycles. The summed E-state index contributed by atoms with van der Waals surface area (Å²) in [4.78, 5) is 23.8. The van der Waals surface area contributed by atoms with Crippen molar-refractivity contribution in [1.82, 2.24) is 5.32 Å². The van der Waals surface area contributed by atoms with Gasteiger partial charge in [-0.05, 0) is 35.2 Å². The molecule has 2 rings (SSSR count). The Morgan fingerprint density at radius 3 is 2.38 bits per heavy atom. The number of carbonyl (C=O) groups excluding carboxylic acids is 2. The molecule has 24 heavy (non-hydrogen) atoms. The fourth-order valence-electron chi connectivity index (χ4n) is 2.11. The van der Waals surface area contributed by atoms with Gasteiger partial charge >= 0.3 is 5.97 Å². The zero-order chi connectivity index (χ0) is 17.5. The number of ether oxygens (including phenoxy) is 1. The third-order valence-electron chi connectivity index (χ3n) is 3.58. The van der Waals surface area contributed by atoms with E-state index in [-0.39, 0.29) is 12.5 Å². The first-order valence-corrected chi connectivity index (χ1v) is 8.54. The molecule has 4 nitrogen and oxygen atoms in total. The Hall–Kier alpha value is -2.14. The molecule has 2 aromatic carbocycles. The van der Waals surface area contributed by atoms with Crippen molar-refractivity contribution in [3.05, 3.63) is 69.7 Å². The summed E-state index contributed by atoms with van der Waals surface area (Å²) < 4.78 is 5.97. The first kappa shape index (κ1) is 18.2. The van der Waals surface area contributed by atoms with E-state index in [0.29, 0.717) is 18.0 Å². The Morgan fingerprint density at radius 1 is 1.08 bits per heavy atom. The zero-order valence-electron chi connectivity index (χ0n) is 13.7. The van der Waals surface area contributed by atoms with Crippen LogP contribution in [0.1, 0.15) is 41.3 Å². The van der Waals surface area contributed by atoms with Gasteiger partial charge in [0.25, 0.3) is 5.91 Å². The number of amides is 1. The van der Waals surface area contributed by atoms with Gasteiger partial charge in [0.2, 0.25) is 0 Å². The largest absolute Gasteiger partial charge is 0.452 e. The van der Waals surface area contributed by atoms with Crippen molar-refractivity contribution in [1.29, 1.82) is 0 Å². The highest BCUT2D eigenvalue weighted by Gasteiger charge is 2.11. The second kappa shape index (κ2) is 8.64. The Kier molecular flexibility index (Phi) is 6.55. The lowest BCUT2D eigenvalue weighted by atomic mass is 10.0. The van der Waals surface area contributed by atoms with Crippen LogP contribution in [0.25, 0.3) is 0 Å². The Labute approximate surface area is 150 Å². The van der Waals surface area contributed by atoms with Crippen LogP contribution in [0.2, 0.25) is 0 Å². The SMILES string of the molecule is CC(C)c1ccc(C(=O)OCC(=O)NCc2ccccc2Br)cc1. The number of esters is 1. The maximum Gasteiger partial charge on any atom is 0.338 e. The highest BCUT2D eigenvalue weighted by atomic mass is 79.9. The first-order valence-electron chi connectivity index (χ1n) is 7.74. The van der Waals surface area contributed by atoms with Crippen molar-refractivity contribution in [3.63, 3.8) is 0 Å². The van der Waals surface area contributed by atoms with E-state index in [9.17, 15) is 9.59 Å². The number of halogens is 1. The Bertz CT molecular complexity index is 711. The molecule has 0 unspecified atom stereocenters. The van der Waals surface area contributed by atoms with E-state index in [2.05, 4.69) is 35.1 Å². The van der Waals surface area contributed by atoms with Gasteiger partial charge in [-0.15, -0.1) is 0 Å². The minimum atomic E-state index is -0.499. The summed E-state index contributed by atoms with van der Waals surface area (Å²) in [5.74, 6) is -0.433. The minimum absolute atomic E-state index is 0.296. The summed E-state index contributed by atoms with van der Waals surface area (Å²) in [6, 6.07) is 14.8. The molecule has 0 aliphatic heterocycles. The summed E-state index contributed by atoms with van der Waals surface area (Å²) in [5, 5.41) is 2.72. The molecule has 0 heterocycles. The highest BCUT2D eigenvalue weighted by Crippen LogP contribution is 2.16. The third kappa shape index (κ3) is 5.20. The maximum atomic E-state index is 11.9. The van der Waals surface area contributed by atoms with Gasteiger partial charge in [-0.2, -0.15) is 0 Å². The second-order valence-corrected chi connectivity index (χ2v) is 6.58. The van der Waals surface area contributed by atoms with Crippen LogP contribution >= 0.6 is 15.9 Å². The number of hydrogen-bond acceptors (Lipinski definition) is 3. The van der Waals surface area contributed by atoms with Gasteiger partial charge in [0.15, 0.2) is 6.61 Å². The summed E-state index contributed by atoms with van der Waals surface area (Å²) in [7, 11) is 0. The van der Waals surface area contributed by atoms with Crippen LogP contribution in [0.5, 0.6) is 0 Å². The predicted molar refractivity (Wildman–Crippen MR) is 96.8 cm³/mol. The van der Waals surface area contributed by atoms with Crippen LogP contribution in [0.15, 0.2) is 53.0 Å². The molecule has 0 spiro atoms. The normalized spacial score (nSPS) is 10.5. The van der Waals surface area contributed by atoms with Gasteiger partial charge in [0.1, 0.15) is 0 Å². The van der Waals surface area contributed by atoms with E-state index in [4.69, 9.17) is 4.74 Å². The van der Waals surface area contributed by atoms with Crippen molar-refractivity contribution < 1.29 is 14.3 Å².